The summed E-state index contributed by atoms with van der Waals surface area (Å²) in [6.07, 6.45) is -2.73. The van der Waals surface area contributed by atoms with Gasteiger partial charge >= 0.3 is 12.3 Å². The lowest BCUT2D eigenvalue weighted by molar-refractivity contribution is -0.191. The minimum atomic E-state index is -4.38. The van der Waals surface area contributed by atoms with Gasteiger partial charge in [-0.2, -0.15) is 28.0 Å². The fraction of sp³-hybridized carbons (Fsp3) is 0.238. The Morgan fingerprint density at radius 2 is 1.80 bits per heavy atom. The molecule has 0 saturated carbocycles. The van der Waals surface area contributed by atoms with Crippen molar-refractivity contribution in [3.8, 4) is 17.6 Å². The van der Waals surface area contributed by atoms with Crippen LogP contribution in [0.25, 0.3) is 0 Å². The topological polar surface area (TPSA) is 76.4 Å². The standard InChI is InChI=1S/C20H18F3NO2S.CO2/c1-14-11-18(7-8-19(14)25-2)27-13-15(9-10-24)12-26-17-5-3-16(4-6-17)20(21,22)23;2-1-3/h3-9,11H,12-13H2,1-2H3;. The molecule has 2 rings (SSSR count). The number of hydrogen-bond acceptors (Lipinski definition) is 6. The van der Waals surface area contributed by atoms with Crippen LogP contribution in [-0.2, 0) is 15.8 Å². The van der Waals surface area contributed by atoms with Gasteiger partial charge in [0, 0.05) is 16.7 Å². The molecule has 0 amide bonds. The fourth-order valence-electron chi connectivity index (χ4n) is 2.25. The van der Waals surface area contributed by atoms with Crippen molar-refractivity contribution in [2.45, 2.75) is 18.0 Å². The summed E-state index contributed by atoms with van der Waals surface area (Å²) < 4.78 is 48.5. The number of thioether (sulfide) groups is 1. The van der Waals surface area contributed by atoms with E-state index in [-0.39, 0.29) is 12.8 Å². The second-order valence-corrected chi connectivity index (χ2v) is 6.79. The van der Waals surface area contributed by atoms with E-state index in [0.717, 1.165) is 33.9 Å². The molecule has 0 aliphatic heterocycles. The minimum absolute atomic E-state index is 0.126. The number of hydrogen-bond donors (Lipinski definition) is 0. The number of nitrogens with zero attached hydrogens (tertiary/aromatic N) is 1. The van der Waals surface area contributed by atoms with Crippen LogP contribution in [0.4, 0.5) is 13.2 Å². The van der Waals surface area contributed by atoms with Gasteiger partial charge in [0.05, 0.1) is 18.7 Å². The van der Waals surface area contributed by atoms with E-state index in [0.29, 0.717) is 11.5 Å². The maximum atomic E-state index is 12.6. The summed E-state index contributed by atoms with van der Waals surface area (Å²) in [5.41, 5.74) is 1.01. The third-order valence-electron chi connectivity index (χ3n) is 3.67. The van der Waals surface area contributed by atoms with Gasteiger partial charge in [0.1, 0.15) is 18.1 Å². The summed E-state index contributed by atoms with van der Waals surface area (Å²) in [7, 11) is 1.61. The predicted molar refractivity (Wildman–Crippen MR) is 104 cm³/mol. The van der Waals surface area contributed by atoms with E-state index < -0.39 is 11.7 Å². The van der Waals surface area contributed by atoms with Gasteiger partial charge in [0.2, 0.25) is 0 Å². The molecule has 0 N–H and O–H groups in total. The highest BCUT2D eigenvalue weighted by atomic mass is 32.2. The lowest BCUT2D eigenvalue weighted by Crippen LogP contribution is -2.06. The number of benzene rings is 2. The van der Waals surface area contributed by atoms with Crippen molar-refractivity contribution in [3.63, 3.8) is 0 Å². The zero-order valence-electron chi connectivity index (χ0n) is 16.2. The van der Waals surface area contributed by atoms with E-state index in [1.807, 2.05) is 31.2 Å². The first-order valence-corrected chi connectivity index (χ1v) is 9.38. The molecule has 0 aliphatic rings. The molecule has 0 heterocycles. The van der Waals surface area contributed by atoms with Crippen molar-refractivity contribution in [2.24, 2.45) is 0 Å². The Morgan fingerprint density at radius 1 is 1.17 bits per heavy atom. The first-order valence-electron chi connectivity index (χ1n) is 8.39. The van der Waals surface area contributed by atoms with Crippen molar-refractivity contribution < 1.29 is 32.2 Å². The molecule has 0 spiro atoms. The largest absolute Gasteiger partial charge is 0.496 e. The Bertz CT molecular complexity index is 929. The van der Waals surface area contributed by atoms with Crippen molar-refractivity contribution in [1.29, 1.82) is 5.26 Å². The van der Waals surface area contributed by atoms with Crippen molar-refractivity contribution in [2.75, 3.05) is 19.5 Å². The number of nitriles is 1. The molecule has 5 nitrogen and oxygen atoms in total. The van der Waals surface area contributed by atoms with Gasteiger partial charge in [-0.1, -0.05) is 0 Å². The van der Waals surface area contributed by atoms with Crippen LogP contribution in [0.3, 0.4) is 0 Å². The van der Waals surface area contributed by atoms with Gasteiger partial charge in [-0.3, -0.25) is 0 Å². The number of rotatable bonds is 7. The molecule has 0 radical (unpaired) electrons. The Hall–Kier alpha value is -3.21. The third-order valence-corrected chi connectivity index (χ3v) is 4.77. The summed E-state index contributed by atoms with van der Waals surface area (Å²) in [5.74, 6) is 1.65. The number of ether oxygens (including phenoxy) is 2. The van der Waals surface area contributed by atoms with Crippen LogP contribution in [0.2, 0.25) is 0 Å². The molecule has 0 atom stereocenters. The minimum Gasteiger partial charge on any atom is -0.496 e. The lowest BCUT2D eigenvalue weighted by Gasteiger charge is -2.11. The van der Waals surface area contributed by atoms with E-state index in [9.17, 15) is 13.2 Å². The number of methoxy groups -OCH3 is 1. The first-order chi connectivity index (χ1) is 14.2. The highest BCUT2D eigenvalue weighted by Gasteiger charge is 2.30. The molecule has 0 saturated heterocycles. The average Bonchev–Trinajstić information content (AvgIpc) is 2.70. The molecule has 158 valence electrons. The molecule has 2 aromatic carbocycles. The summed E-state index contributed by atoms with van der Waals surface area (Å²) >= 11 is 1.54. The molecular weight excluding hydrogens is 419 g/mol. The predicted octanol–water partition coefficient (Wildman–Crippen LogP) is 5.06. The van der Waals surface area contributed by atoms with Crippen LogP contribution in [0, 0.1) is 18.3 Å². The number of halogens is 3. The van der Waals surface area contributed by atoms with E-state index in [1.54, 1.807) is 7.11 Å². The number of aryl methyl sites for hydroxylation is 1. The quantitative estimate of drug-likeness (QED) is 0.445. The fourth-order valence-corrected chi connectivity index (χ4v) is 3.19. The summed E-state index contributed by atoms with van der Waals surface area (Å²) in [4.78, 5) is 17.3. The maximum absolute atomic E-state index is 12.6. The summed E-state index contributed by atoms with van der Waals surface area (Å²) in [5, 5.41) is 8.94. The number of allylic oxidation sites excluding steroid dienone is 1. The van der Waals surface area contributed by atoms with Crippen LogP contribution in [-0.4, -0.2) is 25.6 Å². The average molecular weight is 437 g/mol. The maximum Gasteiger partial charge on any atom is 0.416 e. The van der Waals surface area contributed by atoms with Gasteiger partial charge in [-0.25, -0.2) is 0 Å². The van der Waals surface area contributed by atoms with E-state index >= 15 is 0 Å². The monoisotopic (exact) mass is 437 g/mol. The zero-order chi connectivity index (χ0) is 22.6. The highest BCUT2D eigenvalue weighted by molar-refractivity contribution is 7.99. The second-order valence-electron chi connectivity index (χ2n) is 5.75. The molecule has 9 heteroatoms. The van der Waals surface area contributed by atoms with Gasteiger partial charge in [-0.15, -0.1) is 11.8 Å². The molecule has 2 aromatic rings. The Morgan fingerprint density at radius 3 is 2.30 bits per heavy atom. The smallest absolute Gasteiger partial charge is 0.416 e. The van der Waals surface area contributed by atoms with E-state index in [2.05, 4.69) is 0 Å². The molecule has 0 aliphatic carbocycles. The van der Waals surface area contributed by atoms with Gasteiger partial charge in [0.25, 0.3) is 0 Å². The third kappa shape index (κ3) is 8.43. The van der Waals surface area contributed by atoms with Crippen molar-refractivity contribution in [1.82, 2.24) is 0 Å². The second kappa shape index (κ2) is 12.4. The Labute approximate surface area is 176 Å². The van der Waals surface area contributed by atoms with Crippen molar-refractivity contribution in [3.05, 3.63) is 65.2 Å². The summed E-state index contributed by atoms with van der Waals surface area (Å²) in [6, 6.07) is 12.3. The van der Waals surface area contributed by atoms with Crippen molar-refractivity contribution >= 4 is 17.9 Å². The lowest BCUT2D eigenvalue weighted by atomic mass is 10.2. The van der Waals surface area contributed by atoms with E-state index in [1.165, 1.54) is 30.0 Å². The molecular formula is C21H18F3NO4S. The van der Waals surface area contributed by atoms with Gasteiger partial charge in [-0.05, 0) is 60.5 Å². The van der Waals surface area contributed by atoms with Crippen LogP contribution < -0.4 is 9.47 Å². The van der Waals surface area contributed by atoms with Crippen LogP contribution in [0.1, 0.15) is 11.1 Å². The number of carbonyl (C=O) groups excluding carboxylic acids is 2. The van der Waals surface area contributed by atoms with Crippen LogP contribution >= 0.6 is 11.8 Å². The SMILES string of the molecule is COc1ccc(SCC(=CC#N)COc2ccc(C(F)(F)F)cc2)cc1C.O=C=O. The molecule has 0 fully saturated rings. The highest BCUT2D eigenvalue weighted by Crippen LogP contribution is 2.30. The summed E-state index contributed by atoms with van der Waals surface area (Å²) in [6.45, 7) is 2.07. The molecule has 30 heavy (non-hydrogen) atoms. The van der Waals surface area contributed by atoms with Crippen LogP contribution in [0.15, 0.2) is 59.0 Å². The van der Waals surface area contributed by atoms with Crippen LogP contribution in [0.5, 0.6) is 11.5 Å². The molecule has 0 unspecified atom stereocenters. The zero-order valence-corrected chi connectivity index (χ0v) is 17.0. The van der Waals surface area contributed by atoms with E-state index in [4.69, 9.17) is 24.3 Å². The Balaban J connectivity index is 0.00000141. The molecule has 0 aromatic heterocycles. The normalized spacial score (nSPS) is 10.9. The molecule has 0 bridgehead atoms. The van der Waals surface area contributed by atoms with Gasteiger partial charge < -0.3 is 9.47 Å². The van der Waals surface area contributed by atoms with Gasteiger partial charge in [0.15, 0.2) is 0 Å². The first kappa shape index (κ1) is 24.8. The Kier molecular flexibility index (Phi) is 10.2. The number of alkyl halides is 3.